The van der Waals surface area contributed by atoms with Crippen molar-refractivity contribution in [3.8, 4) is 0 Å². The number of oxime groups is 1. The van der Waals surface area contributed by atoms with Crippen LogP contribution in [-0.4, -0.2) is 71.2 Å². The molecule has 4 N–H and O–H groups in total. The van der Waals surface area contributed by atoms with E-state index < -0.39 is 5.41 Å². The Bertz CT molecular complexity index is 322. The minimum atomic E-state index is -0.992. The second-order valence-corrected chi connectivity index (χ2v) is 4.97. The number of piperazine rings is 1. The molecule has 1 fully saturated rings. The molecule has 0 unspecified atom stereocenters. The molecule has 7 nitrogen and oxygen atoms in total. The molecule has 1 heterocycles. The number of rotatable bonds is 4. The predicted octanol–water partition coefficient (Wildman–Crippen LogP) is -1.10. The Morgan fingerprint density at radius 1 is 1.33 bits per heavy atom. The normalized spacial score (nSPS) is 19.1. The summed E-state index contributed by atoms with van der Waals surface area (Å²) in [6, 6.07) is 0. The number of nitrogens with two attached hydrogens (primary N) is 1. The number of hydrogen-bond acceptors (Lipinski definition) is 5. The van der Waals surface area contributed by atoms with Gasteiger partial charge >= 0.3 is 0 Å². The Kier molecular flexibility index (Phi) is 4.92. The molecular weight excluding hydrogens is 236 g/mol. The zero-order valence-electron chi connectivity index (χ0n) is 11.0. The number of β-amino-alcohol motifs (C(OH)–C–C–N with tert-alkyl or cyclic N) is 1. The molecule has 0 bridgehead atoms. The van der Waals surface area contributed by atoms with Crippen molar-refractivity contribution in [2.24, 2.45) is 16.3 Å². The second-order valence-electron chi connectivity index (χ2n) is 4.97. The van der Waals surface area contributed by atoms with Crippen molar-refractivity contribution in [2.45, 2.75) is 13.8 Å². The van der Waals surface area contributed by atoms with Crippen LogP contribution >= 0.6 is 0 Å². The number of nitrogens with zero attached hydrogens (tertiary/aromatic N) is 3. The minimum Gasteiger partial charge on any atom is -0.409 e. The van der Waals surface area contributed by atoms with Gasteiger partial charge in [-0.3, -0.25) is 9.69 Å². The summed E-state index contributed by atoms with van der Waals surface area (Å²) in [5, 5.41) is 20.5. The summed E-state index contributed by atoms with van der Waals surface area (Å²) < 4.78 is 0. The summed E-state index contributed by atoms with van der Waals surface area (Å²) >= 11 is 0. The van der Waals surface area contributed by atoms with Crippen molar-refractivity contribution in [3.63, 3.8) is 0 Å². The van der Waals surface area contributed by atoms with Gasteiger partial charge in [-0.1, -0.05) is 5.16 Å². The molecule has 18 heavy (non-hydrogen) atoms. The quantitative estimate of drug-likeness (QED) is 0.257. The molecule has 0 aliphatic carbocycles. The van der Waals surface area contributed by atoms with E-state index in [9.17, 15) is 4.79 Å². The fourth-order valence-electron chi connectivity index (χ4n) is 1.95. The summed E-state index contributed by atoms with van der Waals surface area (Å²) in [6.45, 7) is 6.71. The third-order valence-electron chi connectivity index (χ3n) is 3.36. The zero-order valence-corrected chi connectivity index (χ0v) is 11.0. The number of hydrogen-bond donors (Lipinski definition) is 3. The first-order valence-electron chi connectivity index (χ1n) is 6.04. The van der Waals surface area contributed by atoms with Gasteiger partial charge in [0.25, 0.3) is 0 Å². The molecule has 1 rings (SSSR count). The van der Waals surface area contributed by atoms with Crippen LogP contribution in [0.2, 0.25) is 0 Å². The van der Waals surface area contributed by atoms with Crippen LogP contribution in [0.4, 0.5) is 0 Å². The van der Waals surface area contributed by atoms with Gasteiger partial charge in [0.1, 0.15) is 5.41 Å². The minimum absolute atomic E-state index is 0.0784. The molecule has 104 valence electrons. The Hall–Kier alpha value is -1.34. The van der Waals surface area contributed by atoms with E-state index in [1.807, 2.05) is 0 Å². The van der Waals surface area contributed by atoms with E-state index in [2.05, 4.69) is 10.1 Å². The lowest BCUT2D eigenvalue weighted by atomic mass is 9.90. The second kappa shape index (κ2) is 6.01. The van der Waals surface area contributed by atoms with Gasteiger partial charge in [0, 0.05) is 32.7 Å². The van der Waals surface area contributed by atoms with Crippen molar-refractivity contribution in [3.05, 3.63) is 0 Å². The van der Waals surface area contributed by atoms with Gasteiger partial charge in [0.05, 0.1) is 6.61 Å². The monoisotopic (exact) mass is 258 g/mol. The Morgan fingerprint density at radius 2 is 1.89 bits per heavy atom. The smallest absolute Gasteiger partial charge is 0.236 e. The van der Waals surface area contributed by atoms with Gasteiger partial charge in [0.2, 0.25) is 5.91 Å². The lowest BCUT2D eigenvalue weighted by Crippen LogP contribution is -2.55. The van der Waals surface area contributed by atoms with E-state index in [0.29, 0.717) is 19.6 Å². The van der Waals surface area contributed by atoms with Gasteiger partial charge in [-0.15, -0.1) is 0 Å². The third-order valence-corrected chi connectivity index (χ3v) is 3.36. The lowest BCUT2D eigenvalue weighted by molar-refractivity contribution is -0.138. The van der Waals surface area contributed by atoms with Gasteiger partial charge in [-0.25, -0.2) is 0 Å². The molecule has 0 atom stereocenters. The van der Waals surface area contributed by atoms with Crippen LogP contribution in [-0.2, 0) is 4.79 Å². The SMILES string of the molecule is CC(C)(C(=O)N1CCN(CCO)CC1)C(N)=NO. The first-order valence-corrected chi connectivity index (χ1v) is 6.04. The van der Waals surface area contributed by atoms with Crippen LogP contribution in [0.25, 0.3) is 0 Å². The zero-order chi connectivity index (χ0) is 13.8. The maximum atomic E-state index is 12.3. The van der Waals surface area contributed by atoms with E-state index >= 15 is 0 Å². The number of carbonyl (C=O) groups is 1. The lowest BCUT2D eigenvalue weighted by Gasteiger charge is -2.37. The maximum absolute atomic E-state index is 12.3. The maximum Gasteiger partial charge on any atom is 0.236 e. The molecule has 0 aromatic rings. The highest BCUT2D eigenvalue weighted by Gasteiger charge is 2.37. The van der Waals surface area contributed by atoms with Gasteiger partial charge in [-0.2, -0.15) is 0 Å². The molecule has 0 saturated carbocycles. The van der Waals surface area contributed by atoms with Crippen molar-refractivity contribution in [1.82, 2.24) is 9.80 Å². The van der Waals surface area contributed by atoms with Crippen LogP contribution in [0.15, 0.2) is 5.16 Å². The molecule has 0 spiro atoms. The summed E-state index contributed by atoms with van der Waals surface area (Å²) in [5.74, 6) is -0.216. The predicted molar refractivity (Wildman–Crippen MR) is 67.3 cm³/mol. The molecular formula is C11H22N4O3. The molecule has 1 aliphatic rings. The van der Waals surface area contributed by atoms with E-state index in [1.54, 1.807) is 18.7 Å². The summed E-state index contributed by atoms with van der Waals surface area (Å²) in [5.41, 5.74) is 4.55. The highest BCUT2D eigenvalue weighted by Crippen LogP contribution is 2.20. The summed E-state index contributed by atoms with van der Waals surface area (Å²) in [4.78, 5) is 16.1. The van der Waals surface area contributed by atoms with Crippen molar-refractivity contribution in [2.75, 3.05) is 39.3 Å². The number of carbonyl (C=O) groups excluding carboxylic acids is 1. The molecule has 7 heteroatoms. The molecule has 0 aromatic heterocycles. The van der Waals surface area contributed by atoms with Crippen LogP contribution < -0.4 is 5.73 Å². The largest absolute Gasteiger partial charge is 0.409 e. The topological polar surface area (TPSA) is 102 Å². The summed E-state index contributed by atoms with van der Waals surface area (Å²) in [7, 11) is 0. The first kappa shape index (κ1) is 14.7. The Balaban J connectivity index is 2.60. The summed E-state index contributed by atoms with van der Waals surface area (Å²) in [6.07, 6.45) is 0. The molecule has 1 saturated heterocycles. The molecule has 1 aliphatic heterocycles. The molecule has 0 radical (unpaired) electrons. The van der Waals surface area contributed by atoms with Crippen LogP contribution in [0.1, 0.15) is 13.8 Å². The number of amidine groups is 1. The van der Waals surface area contributed by atoms with Gasteiger partial charge in [0.15, 0.2) is 5.84 Å². The number of amides is 1. The van der Waals surface area contributed by atoms with Crippen LogP contribution in [0.5, 0.6) is 0 Å². The van der Waals surface area contributed by atoms with Crippen LogP contribution in [0.3, 0.4) is 0 Å². The van der Waals surface area contributed by atoms with E-state index in [0.717, 1.165) is 13.1 Å². The van der Waals surface area contributed by atoms with Gasteiger partial charge in [-0.05, 0) is 13.8 Å². The fourth-order valence-corrected chi connectivity index (χ4v) is 1.95. The van der Waals surface area contributed by atoms with Crippen molar-refractivity contribution in [1.29, 1.82) is 0 Å². The van der Waals surface area contributed by atoms with Gasteiger partial charge < -0.3 is 20.9 Å². The highest BCUT2D eigenvalue weighted by atomic mass is 16.4. The molecule has 0 aromatic carbocycles. The van der Waals surface area contributed by atoms with E-state index in [-0.39, 0.29) is 18.3 Å². The van der Waals surface area contributed by atoms with Crippen LogP contribution in [0, 0.1) is 5.41 Å². The average molecular weight is 258 g/mol. The Labute approximate surface area is 107 Å². The highest BCUT2D eigenvalue weighted by molar-refractivity contribution is 6.05. The number of aliphatic hydroxyl groups is 1. The molecule has 1 amide bonds. The Morgan fingerprint density at radius 3 is 2.33 bits per heavy atom. The van der Waals surface area contributed by atoms with E-state index in [4.69, 9.17) is 16.0 Å². The van der Waals surface area contributed by atoms with E-state index in [1.165, 1.54) is 0 Å². The van der Waals surface area contributed by atoms with Crippen molar-refractivity contribution >= 4 is 11.7 Å². The average Bonchev–Trinajstić information content (AvgIpc) is 2.38. The first-order chi connectivity index (χ1) is 8.43. The fraction of sp³-hybridized carbons (Fsp3) is 0.818. The standard InChI is InChI=1S/C11H22N4O3/c1-11(2,9(12)13-18)10(17)15-5-3-14(4-6-15)7-8-16/h16,18H,3-8H2,1-2H3,(H2,12,13). The van der Waals surface area contributed by atoms with Crippen molar-refractivity contribution < 1.29 is 15.1 Å². The number of aliphatic hydroxyl groups excluding tert-OH is 1. The third kappa shape index (κ3) is 3.11.